The van der Waals surface area contributed by atoms with E-state index in [1.807, 2.05) is 6.92 Å². The Bertz CT molecular complexity index is 355. The summed E-state index contributed by atoms with van der Waals surface area (Å²) in [6.07, 6.45) is 3.55. The zero-order valence-corrected chi connectivity index (χ0v) is 11.4. The van der Waals surface area contributed by atoms with Crippen LogP contribution in [0.5, 0.6) is 0 Å². The molecule has 2 heterocycles. The van der Waals surface area contributed by atoms with E-state index in [2.05, 4.69) is 5.32 Å². The van der Waals surface area contributed by atoms with E-state index in [1.54, 1.807) is 0 Å². The predicted octanol–water partition coefficient (Wildman–Crippen LogP) is 1.20. The van der Waals surface area contributed by atoms with Crippen molar-refractivity contribution in [3.05, 3.63) is 0 Å². The van der Waals surface area contributed by atoms with Gasteiger partial charge in [0.2, 0.25) is 0 Å². The van der Waals surface area contributed by atoms with Crippen LogP contribution in [0.1, 0.15) is 39.0 Å². The number of carboxylic acids is 1. The van der Waals surface area contributed by atoms with E-state index in [9.17, 15) is 14.7 Å². The van der Waals surface area contributed by atoms with Gasteiger partial charge in [0.15, 0.2) is 0 Å². The van der Waals surface area contributed by atoms with Gasteiger partial charge in [-0.2, -0.15) is 0 Å². The smallest absolute Gasteiger partial charge is 0.329 e. The number of nitrogens with zero attached hydrogens (tertiary/aromatic N) is 1. The number of nitrogens with one attached hydrogen (secondary N) is 1. The molecule has 0 saturated carbocycles. The summed E-state index contributed by atoms with van der Waals surface area (Å²) in [5, 5.41) is 12.3. The maximum Gasteiger partial charge on any atom is 0.329 e. The Kier molecular flexibility index (Phi) is 4.29. The minimum Gasteiger partial charge on any atom is -0.479 e. The number of amides is 2. The van der Waals surface area contributed by atoms with E-state index >= 15 is 0 Å². The van der Waals surface area contributed by atoms with Gasteiger partial charge in [0.25, 0.3) is 0 Å². The zero-order chi connectivity index (χ0) is 13.9. The van der Waals surface area contributed by atoms with Crippen LogP contribution in [-0.4, -0.2) is 53.3 Å². The quantitative estimate of drug-likeness (QED) is 0.807. The summed E-state index contributed by atoms with van der Waals surface area (Å²) in [4.78, 5) is 25.3. The number of carbonyl (C=O) groups is 2. The number of aliphatic carboxylic acids is 1. The van der Waals surface area contributed by atoms with Crippen LogP contribution in [0.15, 0.2) is 0 Å². The first-order valence-corrected chi connectivity index (χ1v) is 6.99. The summed E-state index contributed by atoms with van der Waals surface area (Å²) >= 11 is 0. The highest BCUT2D eigenvalue weighted by atomic mass is 16.5. The number of carboxylic acid groups (broad SMARTS) is 1. The second kappa shape index (κ2) is 5.77. The lowest BCUT2D eigenvalue weighted by molar-refractivity contribution is -0.148. The van der Waals surface area contributed by atoms with E-state index < -0.39 is 11.5 Å². The maximum absolute atomic E-state index is 12.3. The molecule has 2 aliphatic heterocycles. The van der Waals surface area contributed by atoms with Crippen LogP contribution in [0.4, 0.5) is 4.79 Å². The van der Waals surface area contributed by atoms with Gasteiger partial charge in [-0.15, -0.1) is 0 Å². The largest absolute Gasteiger partial charge is 0.479 e. The van der Waals surface area contributed by atoms with Gasteiger partial charge >= 0.3 is 12.0 Å². The summed E-state index contributed by atoms with van der Waals surface area (Å²) in [5.74, 6) is -0.900. The zero-order valence-electron chi connectivity index (χ0n) is 11.4. The van der Waals surface area contributed by atoms with Gasteiger partial charge in [0.05, 0.1) is 12.6 Å². The van der Waals surface area contributed by atoms with Crippen LogP contribution in [0.2, 0.25) is 0 Å². The molecule has 19 heavy (non-hydrogen) atoms. The van der Waals surface area contributed by atoms with Crippen LogP contribution >= 0.6 is 0 Å². The van der Waals surface area contributed by atoms with Crippen molar-refractivity contribution >= 4 is 12.0 Å². The third-order valence-electron chi connectivity index (χ3n) is 4.20. The molecular weight excluding hydrogens is 248 g/mol. The average molecular weight is 270 g/mol. The second-order valence-corrected chi connectivity index (χ2v) is 5.31. The number of hydrogen-bond acceptors (Lipinski definition) is 3. The van der Waals surface area contributed by atoms with E-state index in [4.69, 9.17) is 4.74 Å². The molecule has 2 amide bonds. The van der Waals surface area contributed by atoms with Crippen LogP contribution < -0.4 is 5.32 Å². The summed E-state index contributed by atoms with van der Waals surface area (Å²) < 4.78 is 5.32. The lowest BCUT2D eigenvalue weighted by Gasteiger charge is -2.35. The molecule has 2 unspecified atom stereocenters. The van der Waals surface area contributed by atoms with Crippen molar-refractivity contribution in [1.29, 1.82) is 0 Å². The first-order valence-electron chi connectivity index (χ1n) is 6.99. The molecule has 6 nitrogen and oxygen atoms in total. The van der Waals surface area contributed by atoms with E-state index in [0.717, 1.165) is 25.9 Å². The van der Waals surface area contributed by atoms with Crippen LogP contribution in [0.3, 0.4) is 0 Å². The Balaban J connectivity index is 2.02. The van der Waals surface area contributed by atoms with Crippen molar-refractivity contribution in [2.75, 3.05) is 19.8 Å². The molecule has 2 N–H and O–H groups in total. The number of likely N-dealkylation sites (tertiary alicyclic amines) is 1. The van der Waals surface area contributed by atoms with Gasteiger partial charge in [-0.1, -0.05) is 6.92 Å². The van der Waals surface area contributed by atoms with Crippen molar-refractivity contribution in [2.24, 2.45) is 0 Å². The molecule has 0 spiro atoms. The van der Waals surface area contributed by atoms with Crippen molar-refractivity contribution in [1.82, 2.24) is 10.2 Å². The Morgan fingerprint density at radius 2 is 2.26 bits per heavy atom. The molecule has 2 fully saturated rings. The molecule has 0 aromatic heterocycles. The Hall–Kier alpha value is -1.30. The first kappa shape index (κ1) is 14.1. The van der Waals surface area contributed by atoms with Gasteiger partial charge in [0.1, 0.15) is 5.54 Å². The molecular formula is C13H22N2O4. The number of hydrogen-bond donors (Lipinski definition) is 2. The minimum atomic E-state index is -1.03. The summed E-state index contributed by atoms with van der Waals surface area (Å²) in [7, 11) is 0. The number of rotatable bonds is 3. The molecule has 108 valence electrons. The Labute approximate surface area is 113 Å². The van der Waals surface area contributed by atoms with E-state index in [0.29, 0.717) is 26.0 Å². The fourth-order valence-electron chi connectivity index (χ4n) is 3.02. The number of ether oxygens (including phenoxy) is 1. The van der Waals surface area contributed by atoms with Crippen LogP contribution in [-0.2, 0) is 9.53 Å². The maximum atomic E-state index is 12.3. The Morgan fingerprint density at radius 1 is 1.47 bits per heavy atom. The van der Waals surface area contributed by atoms with Gasteiger partial charge in [-0.25, -0.2) is 9.59 Å². The minimum absolute atomic E-state index is 0.00482. The molecule has 0 radical (unpaired) electrons. The molecule has 2 aliphatic rings. The van der Waals surface area contributed by atoms with Crippen molar-refractivity contribution in [3.8, 4) is 0 Å². The Morgan fingerprint density at radius 3 is 2.84 bits per heavy atom. The SMILES string of the molecule is CCC1(C(=O)O)CCCN1C(=O)NC1CCCOC1. The molecule has 0 bridgehead atoms. The summed E-state index contributed by atoms with van der Waals surface area (Å²) in [6, 6.07) is -0.262. The van der Waals surface area contributed by atoms with Crippen molar-refractivity contribution in [3.63, 3.8) is 0 Å². The van der Waals surface area contributed by atoms with Crippen LogP contribution in [0, 0.1) is 0 Å². The first-order chi connectivity index (χ1) is 9.10. The fourth-order valence-corrected chi connectivity index (χ4v) is 3.02. The molecule has 2 saturated heterocycles. The normalized spacial score (nSPS) is 31.2. The second-order valence-electron chi connectivity index (χ2n) is 5.31. The standard InChI is InChI=1S/C13H22N2O4/c1-2-13(11(16)17)6-4-7-15(13)12(18)14-10-5-3-8-19-9-10/h10H,2-9H2,1H3,(H,14,18)(H,16,17). The number of urea groups is 1. The highest BCUT2D eigenvalue weighted by Crippen LogP contribution is 2.32. The topological polar surface area (TPSA) is 78.9 Å². The summed E-state index contributed by atoms with van der Waals surface area (Å²) in [5.41, 5.74) is -1.03. The highest BCUT2D eigenvalue weighted by Gasteiger charge is 2.48. The molecule has 0 aliphatic carbocycles. The molecule has 0 aromatic rings. The van der Waals surface area contributed by atoms with Crippen molar-refractivity contribution in [2.45, 2.75) is 50.6 Å². The average Bonchev–Trinajstić information content (AvgIpc) is 2.85. The fraction of sp³-hybridized carbons (Fsp3) is 0.846. The predicted molar refractivity (Wildman–Crippen MR) is 69.0 cm³/mol. The van der Waals surface area contributed by atoms with Gasteiger partial charge in [-0.3, -0.25) is 0 Å². The van der Waals surface area contributed by atoms with Gasteiger partial charge in [0, 0.05) is 13.2 Å². The van der Waals surface area contributed by atoms with Crippen LogP contribution in [0.25, 0.3) is 0 Å². The highest BCUT2D eigenvalue weighted by molar-refractivity contribution is 5.87. The van der Waals surface area contributed by atoms with Gasteiger partial charge in [-0.05, 0) is 32.1 Å². The lowest BCUT2D eigenvalue weighted by atomic mass is 9.93. The molecule has 2 atom stereocenters. The lowest BCUT2D eigenvalue weighted by Crippen LogP contribution is -2.57. The van der Waals surface area contributed by atoms with E-state index in [1.165, 1.54) is 4.90 Å². The number of carbonyl (C=O) groups excluding carboxylic acids is 1. The monoisotopic (exact) mass is 270 g/mol. The summed E-state index contributed by atoms with van der Waals surface area (Å²) in [6.45, 7) is 3.60. The van der Waals surface area contributed by atoms with Gasteiger partial charge < -0.3 is 20.1 Å². The van der Waals surface area contributed by atoms with E-state index in [-0.39, 0.29) is 12.1 Å². The third kappa shape index (κ3) is 2.68. The molecule has 2 rings (SSSR count). The third-order valence-corrected chi connectivity index (χ3v) is 4.20. The molecule has 0 aromatic carbocycles. The van der Waals surface area contributed by atoms with Crippen molar-refractivity contribution < 1.29 is 19.4 Å². The molecule has 6 heteroatoms.